The molecule has 17 heavy (non-hydrogen) atoms. The molecule has 1 aromatic rings. The highest BCUT2D eigenvalue weighted by Crippen LogP contribution is 2.13. The van der Waals surface area contributed by atoms with Crippen LogP contribution in [0.3, 0.4) is 0 Å². The minimum atomic E-state index is 0.657. The average molecular weight is 233 g/mol. The van der Waals surface area contributed by atoms with Gasteiger partial charge in [-0.3, -0.25) is 0 Å². The van der Waals surface area contributed by atoms with Crippen molar-refractivity contribution in [3.05, 3.63) is 35.4 Å². The quantitative estimate of drug-likeness (QED) is 0.740. The monoisotopic (exact) mass is 233 g/mol. The first-order chi connectivity index (χ1) is 8.17. The highest BCUT2D eigenvalue weighted by Gasteiger charge is 2.10. The second-order valence-electron chi connectivity index (χ2n) is 5.16. The van der Waals surface area contributed by atoms with Gasteiger partial charge in [0.15, 0.2) is 0 Å². The van der Waals surface area contributed by atoms with Crippen molar-refractivity contribution in [1.82, 2.24) is 5.32 Å². The van der Waals surface area contributed by atoms with Crippen molar-refractivity contribution in [3.63, 3.8) is 0 Å². The third-order valence-electron chi connectivity index (χ3n) is 3.72. The Morgan fingerprint density at radius 3 is 2.41 bits per heavy atom. The largest absolute Gasteiger partial charge is 0.310 e. The fourth-order valence-corrected chi connectivity index (χ4v) is 2.11. The summed E-state index contributed by atoms with van der Waals surface area (Å²) in [5.41, 5.74) is 2.81. The summed E-state index contributed by atoms with van der Waals surface area (Å²) < 4.78 is 0. The fourth-order valence-electron chi connectivity index (χ4n) is 2.11. The summed E-state index contributed by atoms with van der Waals surface area (Å²) >= 11 is 0. The molecular weight excluding hydrogens is 206 g/mol. The number of hydrogen-bond acceptors (Lipinski definition) is 1. The predicted molar refractivity (Wildman–Crippen MR) is 76.2 cm³/mol. The van der Waals surface area contributed by atoms with E-state index in [2.05, 4.69) is 57.3 Å². The Bertz CT molecular complexity index is 319. The molecule has 1 nitrogen and oxygen atoms in total. The van der Waals surface area contributed by atoms with Crippen molar-refractivity contribution in [2.24, 2.45) is 5.92 Å². The van der Waals surface area contributed by atoms with Crippen LogP contribution in [0.5, 0.6) is 0 Å². The van der Waals surface area contributed by atoms with E-state index in [9.17, 15) is 0 Å². The Morgan fingerprint density at radius 1 is 1.12 bits per heavy atom. The molecule has 0 spiro atoms. The Kier molecular flexibility index (Phi) is 6.28. The first-order valence-electron chi connectivity index (χ1n) is 6.95. The van der Waals surface area contributed by atoms with Crippen molar-refractivity contribution in [2.75, 3.05) is 0 Å². The summed E-state index contributed by atoms with van der Waals surface area (Å²) in [6.45, 7) is 10.1. The van der Waals surface area contributed by atoms with E-state index in [0.29, 0.717) is 6.04 Å². The van der Waals surface area contributed by atoms with Crippen molar-refractivity contribution in [3.8, 4) is 0 Å². The summed E-state index contributed by atoms with van der Waals surface area (Å²) in [6.07, 6.45) is 3.79. The van der Waals surface area contributed by atoms with Crippen LogP contribution in [-0.4, -0.2) is 6.04 Å². The van der Waals surface area contributed by atoms with Gasteiger partial charge in [0.25, 0.3) is 0 Å². The van der Waals surface area contributed by atoms with Crippen LogP contribution in [0.4, 0.5) is 0 Å². The number of nitrogens with one attached hydrogen (secondary N) is 1. The molecule has 0 bridgehead atoms. The first-order valence-corrected chi connectivity index (χ1v) is 6.95. The molecule has 0 amide bonds. The normalized spacial score (nSPS) is 14.6. The molecule has 1 aromatic carbocycles. The van der Waals surface area contributed by atoms with Crippen LogP contribution in [0.2, 0.25) is 0 Å². The number of hydrogen-bond donors (Lipinski definition) is 1. The molecule has 1 heteroatoms. The van der Waals surface area contributed by atoms with E-state index in [1.54, 1.807) is 0 Å². The van der Waals surface area contributed by atoms with Crippen molar-refractivity contribution in [2.45, 2.75) is 59.5 Å². The summed E-state index contributed by atoms with van der Waals surface area (Å²) in [7, 11) is 0. The molecule has 2 atom stereocenters. The standard InChI is InChI=1S/C16H27N/c1-5-13(3)11-16(6-2)17-12-15-10-8-7-9-14(15)4/h7-10,13,16-17H,5-6,11-12H2,1-4H3. The van der Waals surface area contributed by atoms with Gasteiger partial charge in [0, 0.05) is 12.6 Å². The van der Waals surface area contributed by atoms with Gasteiger partial charge in [-0.15, -0.1) is 0 Å². The predicted octanol–water partition coefficient (Wildman–Crippen LogP) is 4.30. The lowest BCUT2D eigenvalue weighted by Crippen LogP contribution is -2.29. The van der Waals surface area contributed by atoms with E-state index < -0.39 is 0 Å². The Balaban J connectivity index is 2.45. The third kappa shape index (κ3) is 4.91. The molecule has 0 aliphatic heterocycles. The van der Waals surface area contributed by atoms with E-state index in [0.717, 1.165) is 12.5 Å². The van der Waals surface area contributed by atoms with Crippen LogP contribution in [0, 0.1) is 12.8 Å². The summed E-state index contributed by atoms with van der Waals surface area (Å²) in [5.74, 6) is 0.823. The van der Waals surface area contributed by atoms with E-state index in [4.69, 9.17) is 0 Å². The molecule has 0 radical (unpaired) electrons. The van der Waals surface area contributed by atoms with Gasteiger partial charge >= 0.3 is 0 Å². The lowest BCUT2D eigenvalue weighted by molar-refractivity contribution is 0.384. The molecular formula is C16H27N. The second-order valence-corrected chi connectivity index (χ2v) is 5.16. The topological polar surface area (TPSA) is 12.0 Å². The summed E-state index contributed by atoms with van der Waals surface area (Å²) in [4.78, 5) is 0. The zero-order valence-corrected chi connectivity index (χ0v) is 11.8. The molecule has 0 aromatic heterocycles. The number of rotatable bonds is 7. The minimum Gasteiger partial charge on any atom is -0.310 e. The number of aryl methyl sites for hydroxylation is 1. The summed E-state index contributed by atoms with van der Waals surface area (Å²) in [6, 6.07) is 9.30. The molecule has 0 aliphatic rings. The molecule has 96 valence electrons. The van der Waals surface area contributed by atoms with Crippen LogP contribution < -0.4 is 5.32 Å². The van der Waals surface area contributed by atoms with Crippen molar-refractivity contribution >= 4 is 0 Å². The molecule has 0 aliphatic carbocycles. The highest BCUT2D eigenvalue weighted by atomic mass is 14.9. The zero-order valence-electron chi connectivity index (χ0n) is 11.8. The van der Waals surface area contributed by atoms with E-state index in [-0.39, 0.29) is 0 Å². The van der Waals surface area contributed by atoms with Crippen LogP contribution in [0.15, 0.2) is 24.3 Å². The van der Waals surface area contributed by atoms with Crippen molar-refractivity contribution < 1.29 is 0 Å². The smallest absolute Gasteiger partial charge is 0.0210 e. The maximum atomic E-state index is 3.69. The molecule has 0 saturated carbocycles. The van der Waals surface area contributed by atoms with Gasteiger partial charge in [0.05, 0.1) is 0 Å². The fraction of sp³-hybridized carbons (Fsp3) is 0.625. The van der Waals surface area contributed by atoms with Gasteiger partial charge in [-0.05, 0) is 36.8 Å². The molecule has 1 N–H and O–H groups in total. The Morgan fingerprint density at radius 2 is 1.82 bits per heavy atom. The first kappa shape index (κ1) is 14.2. The van der Waals surface area contributed by atoms with Gasteiger partial charge in [-0.1, -0.05) is 51.5 Å². The minimum absolute atomic E-state index is 0.657. The average Bonchev–Trinajstić information content (AvgIpc) is 2.35. The highest BCUT2D eigenvalue weighted by molar-refractivity contribution is 5.25. The SMILES string of the molecule is CCC(C)CC(CC)NCc1ccccc1C. The van der Waals surface area contributed by atoms with Crippen LogP contribution in [0.1, 0.15) is 51.2 Å². The van der Waals surface area contributed by atoms with Gasteiger partial charge in [-0.2, -0.15) is 0 Å². The summed E-state index contributed by atoms with van der Waals surface area (Å²) in [5, 5.41) is 3.69. The Labute approximate surface area is 107 Å². The Hall–Kier alpha value is -0.820. The molecule has 0 fully saturated rings. The van der Waals surface area contributed by atoms with E-state index >= 15 is 0 Å². The van der Waals surface area contributed by atoms with Gasteiger partial charge in [-0.25, -0.2) is 0 Å². The van der Waals surface area contributed by atoms with Crippen LogP contribution >= 0.6 is 0 Å². The number of benzene rings is 1. The molecule has 1 rings (SSSR count). The zero-order chi connectivity index (χ0) is 12.7. The molecule has 0 heterocycles. The van der Waals surface area contributed by atoms with E-state index in [1.807, 2.05) is 0 Å². The van der Waals surface area contributed by atoms with Crippen LogP contribution in [-0.2, 0) is 6.54 Å². The van der Waals surface area contributed by atoms with Crippen LogP contribution in [0.25, 0.3) is 0 Å². The van der Waals surface area contributed by atoms with Crippen molar-refractivity contribution in [1.29, 1.82) is 0 Å². The van der Waals surface area contributed by atoms with Gasteiger partial charge in [0.2, 0.25) is 0 Å². The maximum Gasteiger partial charge on any atom is 0.0210 e. The molecule has 2 unspecified atom stereocenters. The molecule has 0 saturated heterocycles. The van der Waals surface area contributed by atoms with Gasteiger partial charge < -0.3 is 5.32 Å². The third-order valence-corrected chi connectivity index (χ3v) is 3.72. The lowest BCUT2D eigenvalue weighted by atomic mass is 9.97. The van der Waals surface area contributed by atoms with Gasteiger partial charge in [0.1, 0.15) is 0 Å². The lowest BCUT2D eigenvalue weighted by Gasteiger charge is -2.21. The maximum absolute atomic E-state index is 3.69. The van der Waals surface area contributed by atoms with E-state index in [1.165, 1.54) is 30.4 Å². The second kappa shape index (κ2) is 7.50.